The number of aliphatic hydroxyl groups excluding tert-OH is 2. The second-order valence-electron chi connectivity index (χ2n) is 6.27. The minimum atomic E-state index is -0.586. The second-order valence-corrected chi connectivity index (χ2v) is 6.27. The molecular formula is C14H18O4. The molecule has 0 spiro atoms. The van der Waals surface area contributed by atoms with Crippen LogP contribution in [0.5, 0.6) is 0 Å². The Bertz CT molecular complexity index is 442. The number of rotatable bonds is 2. The Morgan fingerprint density at radius 3 is 1.61 bits per heavy atom. The van der Waals surface area contributed by atoms with Gasteiger partial charge in [-0.15, -0.1) is 0 Å². The highest BCUT2D eigenvalue weighted by molar-refractivity contribution is 5.45. The van der Waals surface area contributed by atoms with Gasteiger partial charge >= 0.3 is 0 Å². The van der Waals surface area contributed by atoms with Crippen LogP contribution in [0, 0.1) is 10.8 Å². The molecular weight excluding hydrogens is 232 g/mol. The van der Waals surface area contributed by atoms with Gasteiger partial charge in [-0.3, -0.25) is 0 Å². The minimum absolute atomic E-state index is 0.0461. The zero-order valence-corrected chi connectivity index (χ0v) is 10.6. The van der Waals surface area contributed by atoms with Crippen molar-refractivity contribution in [3.8, 4) is 0 Å². The van der Waals surface area contributed by atoms with Crippen LogP contribution in [0.3, 0.4) is 0 Å². The Hall–Kier alpha value is -0.680. The van der Waals surface area contributed by atoms with Crippen LogP contribution in [0.1, 0.15) is 13.8 Å². The Balaban J connectivity index is 2.05. The molecule has 2 fully saturated rings. The van der Waals surface area contributed by atoms with E-state index in [2.05, 4.69) is 0 Å². The van der Waals surface area contributed by atoms with Crippen molar-refractivity contribution in [2.75, 3.05) is 13.2 Å². The average Bonchev–Trinajstić information content (AvgIpc) is 3.01. The number of aliphatic hydroxyl groups is 2. The molecule has 4 nitrogen and oxygen atoms in total. The summed E-state index contributed by atoms with van der Waals surface area (Å²) in [5.41, 5.74) is -2.31. The highest BCUT2D eigenvalue weighted by Crippen LogP contribution is 2.74. The Kier molecular flexibility index (Phi) is 1.71. The van der Waals surface area contributed by atoms with Crippen LogP contribution in [-0.4, -0.2) is 46.8 Å². The fraction of sp³-hybridized carbons (Fsp3) is 0.714. The first-order valence-corrected chi connectivity index (χ1v) is 6.46. The van der Waals surface area contributed by atoms with Crippen molar-refractivity contribution in [1.82, 2.24) is 0 Å². The lowest BCUT2D eigenvalue weighted by atomic mass is 9.47. The molecule has 2 N–H and O–H groups in total. The maximum atomic E-state index is 10.1. The molecule has 0 unspecified atom stereocenters. The van der Waals surface area contributed by atoms with E-state index < -0.39 is 22.0 Å². The third-order valence-electron chi connectivity index (χ3n) is 5.96. The molecule has 6 atom stereocenters. The molecule has 98 valence electrons. The lowest BCUT2D eigenvalue weighted by molar-refractivity contribution is -0.0885. The quantitative estimate of drug-likeness (QED) is 0.696. The molecule has 4 heteroatoms. The Morgan fingerprint density at radius 1 is 0.889 bits per heavy atom. The predicted octanol–water partition coefficient (Wildman–Crippen LogP) is 0.398. The van der Waals surface area contributed by atoms with E-state index in [9.17, 15) is 10.2 Å². The van der Waals surface area contributed by atoms with Crippen LogP contribution in [-0.2, 0) is 9.47 Å². The van der Waals surface area contributed by atoms with Gasteiger partial charge < -0.3 is 19.7 Å². The van der Waals surface area contributed by atoms with Crippen molar-refractivity contribution in [2.45, 2.75) is 37.3 Å². The summed E-state index contributed by atoms with van der Waals surface area (Å²) in [7, 11) is 0. The smallest absolute Gasteiger partial charge is 0.0958 e. The van der Waals surface area contributed by atoms with Crippen LogP contribution in [0.2, 0.25) is 0 Å². The molecule has 0 aromatic heterocycles. The summed E-state index contributed by atoms with van der Waals surface area (Å²) in [6.45, 7) is 3.88. The highest BCUT2D eigenvalue weighted by atomic mass is 16.6. The fourth-order valence-electron chi connectivity index (χ4n) is 5.00. The van der Waals surface area contributed by atoms with Crippen molar-refractivity contribution >= 4 is 0 Å². The SMILES string of the molecule is C[C@]12C=C[C@H](O1)[C@@]1(CO)[C@]2(CO)[C@@H]2C=C[C@@]1(C)O2. The first-order chi connectivity index (χ1) is 8.50. The molecule has 4 aliphatic heterocycles. The number of fused-ring (bicyclic) bond motifs is 9. The van der Waals surface area contributed by atoms with E-state index in [1.165, 1.54) is 0 Å². The van der Waals surface area contributed by atoms with Gasteiger partial charge in [-0.05, 0) is 13.8 Å². The topological polar surface area (TPSA) is 58.9 Å². The van der Waals surface area contributed by atoms with E-state index in [1.807, 2.05) is 38.2 Å². The summed E-state index contributed by atoms with van der Waals surface area (Å²) in [5, 5.41) is 20.2. The van der Waals surface area contributed by atoms with Crippen molar-refractivity contribution in [3.05, 3.63) is 24.3 Å². The maximum Gasteiger partial charge on any atom is 0.0958 e. The minimum Gasteiger partial charge on any atom is -0.396 e. The summed E-state index contributed by atoms with van der Waals surface area (Å²) in [5.74, 6) is 0. The molecule has 0 aliphatic carbocycles. The van der Waals surface area contributed by atoms with Crippen LogP contribution in [0.15, 0.2) is 24.3 Å². The van der Waals surface area contributed by atoms with Gasteiger partial charge in [-0.25, -0.2) is 0 Å². The third-order valence-corrected chi connectivity index (χ3v) is 5.96. The monoisotopic (exact) mass is 250 g/mol. The second kappa shape index (κ2) is 2.75. The summed E-state index contributed by atoms with van der Waals surface area (Å²) in [4.78, 5) is 0. The molecule has 4 aliphatic rings. The zero-order valence-electron chi connectivity index (χ0n) is 10.6. The zero-order chi connectivity index (χ0) is 12.8. The molecule has 0 amide bonds. The first-order valence-electron chi connectivity index (χ1n) is 6.46. The van der Waals surface area contributed by atoms with Gasteiger partial charge in [0.25, 0.3) is 0 Å². The third kappa shape index (κ3) is 0.714. The number of ether oxygens (including phenoxy) is 2. The molecule has 0 radical (unpaired) electrons. The standard InChI is InChI=1S/C14H18O4/c1-11-5-3-10(17-11)14(8-16)12(2)6-4-9(18-12)13(11,14)7-15/h3-6,9-10,15-16H,7-8H2,1-2H3/t9-,10-,11+,12+,13+,14+/m0/s1. The van der Waals surface area contributed by atoms with Crippen molar-refractivity contribution in [3.63, 3.8) is 0 Å². The molecule has 4 bridgehead atoms. The lowest BCUT2D eigenvalue weighted by Gasteiger charge is -2.51. The van der Waals surface area contributed by atoms with Crippen LogP contribution >= 0.6 is 0 Å². The van der Waals surface area contributed by atoms with Crippen LogP contribution in [0.25, 0.3) is 0 Å². The van der Waals surface area contributed by atoms with Crippen molar-refractivity contribution < 1.29 is 19.7 Å². The number of hydrogen-bond acceptors (Lipinski definition) is 4. The summed E-state index contributed by atoms with van der Waals surface area (Å²) >= 11 is 0. The van der Waals surface area contributed by atoms with Gasteiger partial charge in [0.15, 0.2) is 0 Å². The predicted molar refractivity (Wildman–Crippen MR) is 63.9 cm³/mol. The normalized spacial score (nSPS) is 62.9. The number of hydrogen-bond donors (Lipinski definition) is 2. The maximum absolute atomic E-state index is 10.1. The van der Waals surface area contributed by atoms with Gasteiger partial charge in [0, 0.05) is 0 Å². The van der Waals surface area contributed by atoms with Gasteiger partial charge in [-0.2, -0.15) is 0 Å². The largest absolute Gasteiger partial charge is 0.396 e. The lowest BCUT2D eigenvalue weighted by Crippen LogP contribution is -2.64. The van der Waals surface area contributed by atoms with Crippen molar-refractivity contribution in [2.24, 2.45) is 10.8 Å². The van der Waals surface area contributed by atoms with Gasteiger partial charge in [0.1, 0.15) is 0 Å². The summed E-state index contributed by atoms with van der Waals surface area (Å²) < 4.78 is 12.2. The van der Waals surface area contributed by atoms with E-state index in [0.717, 1.165) is 0 Å². The van der Waals surface area contributed by atoms with E-state index in [0.29, 0.717) is 0 Å². The molecule has 4 rings (SSSR count). The van der Waals surface area contributed by atoms with Gasteiger partial charge in [0.2, 0.25) is 0 Å². The van der Waals surface area contributed by atoms with Crippen molar-refractivity contribution in [1.29, 1.82) is 0 Å². The van der Waals surface area contributed by atoms with E-state index in [1.54, 1.807) is 0 Å². The van der Waals surface area contributed by atoms with Crippen LogP contribution < -0.4 is 0 Å². The average molecular weight is 250 g/mol. The summed E-state index contributed by atoms with van der Waals surface area (Å²) in [6.07, 6.45) is 7.66. The van der Waals surface area contributed by atoms with Crippen LogP contribution in [0.4, 0.5) is 0 Å². The van der Waals surface area contributed by atoms with E-state index in [-0.39, 0.29) is 25.4 Å². The molecule has 4 heterocycles. The Morgan fingerprint density at radius 2 is 1.28 bits per heavy atom. The molecule has 18 heavy (non-hydrogen) atoms. The molecule has 0 aromatic carbocycles. The van der Waals surface area contributed by atoms with E-state index >= 15 is 0 Å². The first kappa shape index (κ1) is 11.2. The van der Waals surface area contributed by atoms with E-state index in [4.69, 9.17) is 9.47 Å². The highest BCUT2D eigenvalue weighted by Gasteiger charge is 2.84. The van der Waals surface area contributed by atoms with Gasteiger partial charge in [0.05, 0.1) is 47.5 Å². The Labute approximate surface area is 106 Å². The van der Waals surface area contributed by atoms with Gasteiger partial charge in [-0.1, -0.05) is 24.3 Å². The summed E-state index contributed by atoms with van der Waals surface area (Å²) in [6, 6.07) is 0. The molecule has 0 saturated carbocycles. The molecule has 0 aromatic rings. The fourth-order valence-corrected chi connectivity index (χ4v) is 5.00. The molecule has 2 saturated heterocycles.